The smallest absolute Gasteiger partial charge is 0.378 e. The highest BCUT2D eigenvalue weighted by molar-refractivity contribution is 5.93. The average molecular weight is 366 g/mol. The van der Waals surface area contributed by atoms with Gasteiger partial charge in [0.1, 0.15) is 17.3 Å². The molecular formula is C17H17F3N4O2. The monoisotopic (exact) mass is 366 g/mol. The zero-order chi connectivity index (χ0) is 18.7. The van der Waals surface area contributed by atoms with Gasteiger partial charge in [0.15, 0.2) is 0 Å². The number of carbonyl (C=O) groups excluding carboxylic acids is 1. The van der Waals surface area contributed by atoms with Crippen molar-refractivity contribution in [1.82, 2.24) is 14.9 Å². The quantitative estimate of drug-likeness (QED) is 0.905. The van der Waals surface area contributed by atoms with Gasteiger partial charge in [0.05, 0.1) is 18.8 Å². The van der Waals surface area contributed by atoms with Crippen LogP contribution in [0.2, 0.25) is 0 Å². The van der Waals surface area contributed by atoms with Crippen molar-refractivity contribution in [2.75, 3.05) is 31.6 Å². The molecule has 2 aromatic rings. The van der Waals surface area contributed by atoms with Gasteiger partial charge in [-0.15, -0.1) is 0 Å². The minimum atomic E-state index is -4.39. The number of carbonyl (C=O) groups is 1. The number of anilines is 2. The standard InChI is InChI=1S/C17H17F3N4O2/c1-11-21-14(16(25)24-6-8-26-9-7-24)10-15(22-11)23-13-4-2-12(3-5-13)17(18,19)20/h2-5,10H,6-9H2,1H3,(H,21,22,23). The van der Waals surface area contributed by atoms with Gasteiger partial charge in [-0.25, -0.2) is 9.97 Å². The Bertz CT molecular complexity index is 788. The van der Waals surface area contributed by atoms with E-state index in [0.717, 1.165) is 12.1 Å². The lowest BCUT2D eigenvalue weighted by molar-refractivity contribution is -0.137. The number of amides is 1. The minimum Gasteiger partial charge on any atom is -0.378 e. The number of morpholine rings is 1. The van der Waals surface area contributed by atoms with Crippen LogP contribution in [-0.4, -0.2) is 47.1 Å². The lowest BCUT2D eigenvalue weighted by atomic mass is 10.2. The first kappa shape index (κ1) is 18.1. The lowest BCUT2D eigenvalue weighted by Gasteiger charge is -2.26. The molecular weight excluding hydrogens is 349 g/mol. The predicted octanol–water partition coefficient (Wildman–Crippen LogP) is 3.02. The Labute approximate surface area is 148 Å². The van der Waals surface area contributed by atoms with Crippen LogP contribution in [0.25, 0.3) is 0 Å². The van der Waals surface area contributed by atoms with Gasteiger partial charge in [-0.1, -0.05) is 0 Å². The Morgan fingerprint density at radius 1 is 1.15 bits per heavy atom. The van der Waals surface area contributed by atoms with Gasteiger partial charge >= 0.3 is 6.18 Å². The van der Waals surface area contributed by atoms with Gasteiger partial charge in [-0.3, -0.25) is 4.79 Å². The van der Waals surface area contributed by atoms with Crippen molar-refractivity contribution in [2.24, 2.45) is 0 Å². The molecule has 1 amide bonds. The lowest BCUT2D eigenvalue weighted by Crippen LogP contribution is -2.41. The van der Waals surface area contributed by atoms with Crippen LogP contribution in [0.1, 0.15) is 21.9 Å². The van der Waals surface area contributed by atoms with E-state index in [1.165, 1.54) is 18.2 Å². The molecule has 3 rings (SSSR count). The second-order valence-electron chi connectivity index (χ2n) is 5.79. The molecule has 0 spiro atoms. The van der Waals surface area contributed by atoms with E-state index in [-0.39, 0.29) is 11.6 Å². The molecule has 0 bridgehead atoms. The fourth-order valence-corrected chi connectivity index (χ4v) is 2.56. The molecule has 0 radical (unpaired) electrons. The SMILES string of the molecule is Cc1nc(Nc2ccc(C(F)(F)F)cc2)cc(C(=O)N2CCOCC2)n1. The fraction of sp³-hybridized carbons (Fsp3) is 0.353. The first-order valence-electron chi connectivity index (χ1n) is 8.00. The number of hydrogen-bond acceptors (Lipinski definition) is 5. The van der Waals surface area contributed by atoms with Crippen LogP contribution in [0.5, 0.6) is 0 Å². The van der Waals surface area contributed by atoms with Gasteiger partial charge in [0, 0.05) is 24.8 Å². The molecule has 1 aromatic carbocycles. The summed E-state index contributed by atoms with van der Waals surface area (Å²) in [4.78, 5) is 22.5. The Morgan fingerprint density at radius 2 is 1.81 bits per heavy atom. The van der Waals surface area contributed by atoms with E-state index < -0.39 is 11.7 Å². The number of aryl methyl sites for hydroxylation is 1. The summed E-state index contributed by atoms with van der Waals surface area (Å²) in [6, 6.07) is 6.07. The summed E-state index contributed by atoms with van der Waals surface area (Å²) in [6.07, 6.45) is -4.39. The molecule has 26 heavy (non-hydrogen) atoms. The maximum absolute atomic E-state index is 12.6. The third-order valence-electron chi connectivity index (χ3n) is 3.84. The van der Waals surface area contributed by atoms with Crippen LogP contribution >= 0.6 is 0 Å². The zero-order valence-corrected chi connectivity index (χ0v) is 14.0. The van der Waals surface area contributed by atoms with E-state index >= 15 is 0 Å². The van der Waals surface area contributed by atoms with Crippen LogP contribution in [0.15, 0.2) is 30.3 Å². The van der Waals surface area contributed by atoms with E-state index in [1.807, 2.05) is 0 Å². The molecule has 6 nitrogen and oxygen atoms in total. The highest BCUT2D eigenvalue weighted by Gasteiger charge is 2.30. The Morgan fingerprint density at radius 3 is 2.42 bits per heavy atom. The molecule has 1 saturated heterocycles. The first-order valence-corrected chi connectivity index (χ1v) is 8.00. The van der Waals surface area contributed by atoms with Crippen LogP contribution in [0.4, 0.5) is 24.7 Å². The Kier molecular flexibility index (Phi) is 5.08. The second-order valence-corrected chi connectivity index (χ2v) is 5.79. The molecule has 138 valence electrons. The Balaban J connectivity index is 1.78. The van der Waals surface area contributed by atoms with Crippen molar-refractivity contribution < 1.29 is 22.7 Å². The number of hydrogen-bond donors (Lipinski definition) is 1. The molecule has 2 heterocycles. The molecule has 0 aliphatic carbocycles. The Hall–Kier alpha value is -2.68. The molecule has 9 heteroatoms. The number of nitrogens with one attached hydrogen (secondary N) is 1. The van der Waals surface area contributed by atoms with Gasteiger partial charge in [-0.2, -0.15) is 13.2 Å². The van der Waals surface area contributed by atoms with Crippen molar-refractivity contribution in [2.45, 2.75) is 13.1 Å². The van der Waals surface area contributed by atoms with Crippen LogP contribution in [0, 0.1) is 6.92 Å². The molecule has 1 aromatic heterocycles. The van der Waals surface area contributed by atoms with Gasteiger partial charge < -0.3 is 15.0 Å². The predicted molar refractivity (Wildman–Crippen MR) is 88.2 cm³/mol. The maximum Gasteiger partial charge on any atom is 0.416 e. The normalized spacial score (nSPS) is 15.0. The molecule has 1 N–H and O–H groups in total. The minimum absolute atomic E-state index is 0.228. The first-order chi connectivity index (χ1) is 12.3. The number of ether oxygens (including phenoxy) is 1. The number of rotatable bonds is 3. The molecule has 0 unspecified atom stereocenters. The van der Waals surface area contributed by atoms with Crippen molar-refractivity contribution in [3.05, 3.63) is 47.4 Å². The fourth-order valence-electron chi connectivity index (χ4n) is 2.56. The highest BCUT2D eigenvalue weighted by atomic mass is 19.4. The molecule has 0 atom stereocenters. The number of benzene rings is 1. The number of nitrogens with zero attached hydrogens (tertiary/aromatic N) is 3. The topological polar surface area (TPSA) is 67.4 Å². The van der Waals surface area contributed by atoms with E-state index in [9.17, 15) is 18.0 Å². The maximum atomic E-state index is 12.6. The van der Waals surface area contributed by atoms with Crippen LogP contribution in [-0.2, 0) is 10.9 Å². The second kappa shape index (κ2) is 7.28. The summed E-state index contributed by atoms with van der Waals surface area (Å²) in [6.45, 7) is 3.58. The summed E-state index contributed by atoms with van der Waals surface area (Å²) < 4.78 is 43.1. The molecule has 1 fully saturated rings. The third kappa shape index (κ3) is 4.29. The molecule has 1 aliphatic heterocycles. The van der Waals surface area contributed by atoms with E-state index in [0.29, 0.717) is 43.6 Å². The average Bonchev–Trinajstić information content (AvgIpc) is 2.61. The van der Waals surface area contributed by atoms with Crippen LogP contribution < -0.4 is 5.32 Å². The summed E-state index contributed by atoms with van der Waals surface area (Å²) in [5, 5.41) is 2.91. The van der Waals surface area contributed by atoms with Crippen molar-refractivity contribution >= 4 is 17.4 Å². The van der Waals surface area contributed by atoms with Crippen molar-refractivity contribution in [3.8, 4) is 0 Å². The highest BCUT2D eigenvalue weighted by Crippen LogP contribution is 2.30. The van der Waals surface area contributed by atoms with E-state index in [2.05, 4.69) is 15.3 Å². The summed E-state index contributed by atoms with van der Waals surface area (Å²) in [5.41, 5.74) is -0.0696. The van der Waals surface area contributed by atoms with Crippen molar-refractivity contribution in [1.29, 1.82) is 0 Å². The van der Waals surface area contributed by atoms with Gasteiger partial charge in [0.25, 0.3) is 5.91 Å². The van der Waals surface area contributed by atoms with Crippen LogP contribution in [0.3, 0.4) is 0 Å². The van der Waals surface area contributed by atoms with Gasteiger partial charge in [0.2, 0.25) is 0 Å². The van der Waals surface area contributed by atoms with Gasteiger partial charge in [-0.05, 0) is 31.2 Å². The third-order valence-corrected chi connectivity index (χ3v) is 3.84. The van der Waals surface area contributed by atoms with E-state index in [1.54, 1.807) is 11.8 Å². The number of aromatic nitrogens is 2. The number of halogens is 3. The summed E-state index contributed by atoms with van der Waals surface area (Å²) >= 11 is 0. The van der Waals surface area contributed by atoms with Crippen molar-refractivity contribution in [3.63, 3.8) is 0 Å². The summed E-state index contributed by atoms with van der Waals surface area (Å²) in [5.74, 6) is 0.502. The largest absolute Gasteiger partial charge is 0.416 e. The molecule has 1 aliphatic rings. The molecule has 0 saturated carbocycles. The zero-order valence-electron chi connectivity index (χ0n) is 14.0. The van der Waals surface area contributed by atoms with E-state index in [4.69, 9.17) is 4.74 Å². The summed E-state index contributed by atoms with van der Waals surface area (Å²) in [7, 11) is 0. The number of alkyl halides is 3.